The highest BCUT2D eigenvalue weighted by atomic mass is 32.2. The van der Waals surface area contributed by atoms with Gasteiger partial charge in [0.2, 0.25) is 4.80 Å². The second-order valence-corrected chi connectivity index (χ2v) is 7.86. The Balaban J connectivity index is 2.26. The van der Waals surface area contributed by atoms with Crippen molar-refractivity contribution in [2.24, 2.45) is 4.40 Å². The molecule has 2 aromatic carbocycles. The zero-order valence-electron chi connectivity index (χ0n) is 12.9. The number of aryl methyl sites for hydroxylation is 1. The molecule has 0 atom stereocenters. The minimum Gasteiger partial charge on any atom is -0.309 e. The monoisotopic (exact) mass is 362 g/mol. The molecular formula is C17H15FN2O2S2. The van der Waals surface area contributed by atoms with Gasteiger partial charge in [-0.2, -0.15) is 8.42 Å². The average Bonchev–Trinajstić information content (AvgIpc) is 2.86. The number of thiazole rings is 1. The minimum absolute atomic E-state index is 0.108. The van der Waals surface area contributed by atoms with E-state index in [1.807, 2.05) is 6.92 Å². The third-order valence-electron chi connectivity index (χ3n) is 3.48. The third-order valence-corrected chi connectivity index (χ3v) is 5.92. The van der Waals surface area contributed by atoms with Crippen LogP contribution in [0.4, 0.5) is 4.39 Å². The van der Waals surface area contributed by atoms with Crippen LogP contribution in [0.3, 0.4) is 0 Å². The molecule has 0 saturated heterocycles. The fourth-order valence-corrected chi connectivity index (χ4v) is 4.58. The standard InChI is InChI=1S/C17H15FN2O2S2/c1-3-11-20-16-14(18)5-4-6-15(16)23-17(20)19-24(21,22)13-9-7-12(2)8-10-13/h3-10H,1,11H2,2H3. The lowest BCUT2D eigenvalue weighted by atomic mass is 10.2. The number of para-hydroxylation sites is 1. The van der Waals surface area contributed by atoms with E-state index in [0.717, 1.165) is 16.9 Å². The quantitative estimate of drug-likeness (QED) is 0.666. The van der Waals surface area contributed by atoms with Gasteiger partial charge in [0.15, 0.2) is 0 Å². The lowest BCUT2D eigenvalue weighted by Crippen LogP contribution is -2.17. The fourth-order valence-electron chi connectivity index (χ4n) is 2.32. The average molecular weight is 362 g/mol. The maximum Gasteiger partial charge on any atom is 0.285 e. The molecule has 0 saturated carbocycles. The van der Waals surface area contributed by atoms with Gasteiger partial charge in [0.25, 0.3) is 10.0 Å². The number of allylic oxidation sites excluding steroid dienone is 1. The number of rotatable bonds is 4. The highest BCUT2D eigenvalue weighted by molar-refractivity contribution is 7.90. The first-order valence-electron chi connectivity index (χ1n) is 7.19. The Kier molecular flexibility index (Phi) is 4.38. The summed E-state index contributed by atoms with van der Waals surface area (Å²) in [6, 6.07) is 11.1. The minimum atomic E-state index is -3.87. The van der Waals surface area contributed by atoms with Crippen molar-refractivity contribution in [1.82, 2.24) is 4.57 Å². The van der Waals surface area contributed by atoms with Crippen LogP contribution in [0.2, 0.25) is 0 Å². The summed E-state index contributed by atoms with van der Waals surface area (Å²) >= 11 is 1.13. The Hall–Kier alpha value is -2.25. The van der Waals surface area contributed by atoms with Crippen molar-refractivity contribution < 1.29 is 12.8 Å². The molecular weight excluding hydrogens is 347 g/mol. The predicted molar refractivity (Wildman–Crippen MR) is 93.9 cm³/mol. The van der Waals surface area contributed by atoms with E-state index in [1.165, 1.54) is 22.8 Å². The van der Waals surface area contributed by atoms with Crippen LogP contribution in [-0.4, -0.2) is 13.0 Å². The summed E-state index contributed by atoms with van der Waals surface area (Å²) < 4.78 is 45.3. The molecule has 0 aliphatic rings. The molecule has 1 aromatic heterocycles. The number of nitrogens with zero attached hydrogens (tertiary/aromatic N) is 2. The predicted octanol–water partition coefficient (Wildman–Crippen LogP) is 3.63. The number of sulfonamides is 1. The topological polar surface area (TPSA) is 51.4 Å². The zero-order chi connectivity index (χ0) is 17.3. The maximum atomic E-state index is 14.1. The van der Waals surface area contributed by atoms with Crippen molar-refractivity contribution in [1.29, 1.82) is 0 Å². The summed E-state index contributed by atoms with van der Waals surface area (Å²) in [5.74, 6) is -0.417. The van der Waals surface area contributed by atoms with Crippen molar-refractivity contribution >= 4 is 31.6 Å². The van der Waals surface area contributed by atoms with Crippen molar-refractivity contribution in [2.75, 3.05) is 0 Å². The van der Waals surface area contributed by atoms with Crippen LogP contribution < -0.4 is 4.80 Å². The van der Waals surface area contributed by atoms with Gasteiger partial charge < -0.3 is 4.57 Å². The van der Waals surface area contributed by atoms with E-state index >= 15 is 0 Å². The van der Waals surface area contributed by atoms with Crippen LogP contribution in [0.25, 0.3) is 10.2 Å². The van der Waals surface area contributed by atoms with Gasteiger partial charge in [0, 0.05) is 6.54 Å². The van der Waals surface area contributed by atoms with Crippen molar-refractivity contribution in [3.8, 4) is 0 Å². The summed E-state index contributed by atoms with van der Waals surface area (Å²) in [4.78, 5) is 0.326. The lowest BCUT2D eigenvalue weighted by molar-refractivity contribution is 0.595. The molecule has 0 spiro atoms. The Morgan fingerprint density at radius 2 is 1.96 bits per heavy atom. The van der Waals surface area contributed by atoms with E-state index in [4.69, 9.17) is 0 Å². The SMILES string of the molecule is C=CCn1c(=NS(=O)(=O)c2ccc(C)cc2)sc2cccc(F)c21. The van der Waals surface area contributed by atoms with Crippen LogP contribution in [0.5, 0.6) is 0 Å². The second kappa shape index (κ2) is 6.33. The summed E-state index contributed by atoms with van der Waals surface area (Å²) in [5, 5.41) is 0. The van der Waals surface area contributed by atoms with E-state index in [1.54, 1.807) is 30.3 Å². The van der Waals surface area contributed by atoms with Gasteiger partial charge >= 0.3 is 0 Å². The number of fused-ring (bicyclic) bond motifs is 1. The molecule has 24 heavy (non-hydrogen) atoms. The Morgan fingerprint density at radius 1 is 1.25 bits per heavy atom. The van der Waals surface area contributed by atoms with Crippen molar-refractivity contribution in [3.63, 3.8) is 0 Å². The van der Waals surface area contributed by atoms with E-state index in [0.29, 0.717) is 10.2 Å². The molecule has 0 aliphatic carbocycles. The zero-order valence-corrected chi connectivity index (χ0v) is 14.6. The van der Waals surface area contributed by atoms with E-state index < -0.39 is 15.8 Å². The molecule has 124 valence electrons. The molecule has 0 radical (unpaired) electrons. The van der Waals surface area contributed by atoms with Gasteiger partial charge in [-0.1, -0.05) is 41.2 Å². The Bertz CT molecular complexity index is 1080. The van der Waals surface area contributed by atoms with E-state index in [-0.39, 0.29) is 16.2 Å². The van der Waals surface area contributed by atoms with Gasteiger partial charge in [-0.15, -0.1) is 11.0 Å². The van der Waals surface area contributed by atoms with Gasteiger partial charge in [-0.25, -0.2) is 4.39 Å². The van der Waals surface area contributed by atoms with Gasteiger partial charge in [-0.05, 0) is 31.2 Å². The molecule has 0 bridgehead atoms. The van der Waals surface area contributed by atoms with Crippen LogP contribution in [-0.2, 0) is 16.6 Å². The molecule has 1 heterocycles. The molecule has 4 nitrogen and oxygen atoms in total. The van der Waals surface area contributed by atoms with Crippen LogP contribution in [0, 0.1) is 12.7 Å². The molecule has 0 amide bonds. The summed E-state index contributed by atoms with van der Waals surface area (Å²) in [5.41, 5.74) is 1.29. The number of aromatic nitrogens is 1. The number of benzene rings is 2. The van der Waals surface area contributed by atoms with Crippen LogP contribution in [0.15, 0.2) is 64.4 Å². The van der Waals surface area contributed by atoms with Crippen LogP contribution in [0.1, 0.15) is 5.56 Å². The summed E-state index contributed by atoms with van der Waals surface area (Å²) in [6.45, 7) is 5.79. The highest BCUT2D eigenvalue weighted by Gasteiger charge is 2.15. The molecule has 0 unspecified atom stereocenters. The largest absolute Gasteiger partial charge is 0.309 e. The molecule has 3 rings (SSSR count). The van der Waals surface area contributed by atoms with Gasteiger partial charge in [0.05, 0.1) is 15.1 Å². The van der Waals surface area contributed by atoms with E-state index in [2.05, 4.69) is 11.0 Å². The van der Waals surface area contributed by atoms with E-state index in [9.17, 15) is 12.8 Å². The van der Waals surface area contributed by atoms with Crippen molar-refractivity contribution in [2.45, 2.75) is 18.4 Å². The first-order valence-corrected chi connectivity index (χ1v) is 9.44. The van der Waals surface area contributed by atoms with Crippen molar-refractivity contribution in [3.05, 3.63) is 71.3 Å². The maximum absolute atomic E-state index is 14.1. The highest BCUT2D eigenvalue weighted by Crippen LogP contribution is 2.21. The number of hydrogen-bond donors (Lipinski definition) is 0. The third kappa shape index (κ3) is 3.05. The molecule has 0 fully saturated rings. The first kappa shape index (κ1) is 16.6. The molecule has 0 N–H and O–H groups in total. The summed E-state index contributed by atoms with van der Waals surface area (Å²) in [7, 11) is -3.87. The lowest BCUT2D eigenvalue weighted by Gasteiger charge is -2.02. The molecule has 0 aliphatic heterocycles. The van der Waals surface area contributed by atoms with Crippen LogP contribution >= 0.6 is 11.3 Å². The number of halogens is 1. The fraction of sp³-hybridized carbons (Fsp3) is 0.118. The van der Waals surface area contributed by atoms with Gasteiger partial charge in [0.1, 0.15) is 5.82 Å². The Labute approximate surface area is 143 Å². The second-order valence-electron chi connectivity index (χ2n) is 5.25. The summed E-state index contributed by atoms with van der Waals surface area (Å²) in [6.07, 6.45) is 1.58. The smallest absolute Gasteiger partial charge is 0.285 e. The molecule has 7 heteroatoms. The Morgan fingerprint density at radius 3 is 2.62 bits per heavy atom. The first-order chi connectivity index (χ1) is 11.4. The van der Waals surface area contributed by atoms with Gasteiger partial charge in [-0.3, -0.25) is 0 Å². The molecule has 3 aromatic rings. The normalized spacial score (nSPS) is 12.7. The number of hydrogen-bond acceptors (Lipinski definition) is 3.